The van der Waals surface area contributed by atoms with Crippen molar-refractivity contribution >= 4 is 17.8 Å². The number of carbonyl (C=O) groups is 3. The fourth-order valence-corrected chi connectivity index (χ4v) is 0.931. The summed E-state index contributed by atoms with van der Waals surface area (Å²) in [6.07, 6.45) is 1.34. The van der Waals surface area contributed by atoms with Gasteiger partial charge in [0.05, 0.1) is 0 Å². The van der Waals surface area contributed by atoms with E-state index in [2.05, 4.69) is 4.98 Å². The van der Waals surface area contributed by atoms with E-state index >= 15 is 0 Å². The van der Waals surface area contributed by atoms with Crippen LogP contribution in [0.5, 0.6) is 0 Å². The standard InChI is InChI=1S/C9H8N2O5/c12-7(5-3-1-2-4-10-5)11-6(8(13)14)9(15)16/h1-4,6H,(H,11,12)(H,13,14)(H,15,16). The second-order valence-corrected chi connectivity index (χ2v) is 2.80. The molecule has 0 spiro atoms. The first-order valence-electron chi connectivity index (χ1n) is 4.20. The minimum Gasteiger partial charge on any atom is -0.479 e. The van der Waals surface area contributed by atoms with Gasteiger partial charge in [0, 0.05) is 6.20 Å². The third-order valence-electron chi connectivity index (χ3n) is 1.67. The number of pyridine rings is 1. The van der Waals surface area contributed by atoms with Crippen LogP contribution in [0.15, 0.2) is 24.4 Å². The zero-order valence-corrected chi connectivity index (χ0v) is 7.95. The van der Waals surface area contributed by atoms with Crippen LogP contribution < -0.4 is 5.32 Å². The minimum atomic E-state index is -1.98. The van der Waals surface area contributed by atoms with E-state index in [9.17, 15) is 14.4 Å². The van der Waals surface area contributed by atoms with E-state index in [1.165, 1.54) is 18.3 Å². The third kappa shape index (κ3) is 2.77. The molecule has 84 valence electrons. The molecular formula is C9H8N2O5. The van der Waals surface area contributed by atoms with Crippen molar-refractivity contribution in [1.82, 2.24) is 10.3 Å². The summed E-state index contributed by atoms with van der Waals surface area (Å²) >= 11 is 0. The van der Waals surface area contributed by atoms with Gasteiger partial charge in [-0.3, -0.25) is 9.78 Å². The van der Waals surface area contributed by atoms with Crippen molar-refractivity contribution in [3.63, 3.8) is 0 Å². The molecule has 1 aromatic heterocycles. The van der Waals surface area contributed by atoms with Gasteiger partial charge < -0.3 is 15.5 Å². The first kappa shape index (κ1) is 11.6. The summed E-state index contributed by atoms with van der Waals surface area (Å²) in [5.41, 5.74) is -0.0463. The van der Waals surface area contributed by atoms with Crippen LogP contribution in [0, 0.1) is 0 Å². The number of hydrogen-bond acceptors (Lipinski definition) is 4. The number of nitrogens with zero attached hydrogens (tertiary/aromatic N) is 1. The van der Waals surface area contributed by atoms with Crippen LogP contribution in [-0.4, -0.2) is 39.1 Å². The van der Waals surface area contributed by atoms with Gasteiger partial charge in [0.1, 0.15) is 5.69 Å². The Hall–Kier alpha value is -2.44. The molecule has 0 aliphatic heterocycles. The molecule has 1 aromatic rings. The lowest BCUT2D eigenvalue weighted by atomic mass is 10.2. The van der Waals surface area contributed by atoms with Crippen molar-refractivity contribution in [2.45, 2.75) is 6.04 Å². The van der Waals surface area contributed by atoms with Crippen LogP contribution in [0.4, 0.5) is 0 Å². The number of nitrogens with one attached hydrogen (secondary N) is 1. The highest BCUT2D eigenvalue weighted by Gasteiger charge is 2.28. The van der Waals surface area contributed by atoms with Gasteiger partial charge in [0.2, 0.25) is 6.04 Å². The molecule has 1 heterocycles. The summed E-state index contributed by atoms with van der Waals surface area (Å²) in [4.78, 5) is 36.0. The Kier molecular flexibility index (Phi) is 3.54. The van der Waals surface area contributed by atoms with Crippen LogP contribution >= 0.6 is 0 Å². The molecule has 0 radical (unpaired) electrons. The minimum absolute atomic E-state index is 0.0463. The highest BCUT2D eigenvalue weighted by atomic mass is 16.4. The maximum Gasteiger partial charge on any atom is 0.338 e. The van der Waals surface area contributed by atoms with Crippen molar-refractivity contribution in [3.05, 3.63) is 30.1 Å². The van der Waals surface area contributed by atoms with Crippen molar-refractivity contribution in [3.8, 4) is 0 Å². The topological polar surface area (TPSA) is 117 Å². The van der Waals surface area contributed by atoms with E-state index in [0.29, 0.717) is 0 Å². The Labute approximate surface area is 89.7 Å². The molecule has 16 heavy (non-hydrogen) atoms. The van der Waals surface area contributed by atoms with Gasteiger partial charge in [-0.05, 0) is 12.1 Å². The highest BCUT2D eigenvalue weighted by Crippen LogP contribution is 1.95. The second-order valence-electron chi connectivity index (χ2n) is 2.80. The number of carboxylic acid groups (broad SMARTS) is 2. The molecule has 0 aliphatic rings. The third-order valence-corrected chi connectivity index (χ3v) is 1.67. The molecule has 1 amide bonds. The lowest BCUT2D eigenvalue weighted by Gasteiger charge is -2.08. The van der Waals surface area contributed by atoms with Crippen LogP contribution in [0.2, 0.25) is 0 Å². The normalized spacial score (nSPS) is 9.81. The van der Waals surface area contributed by atoms with Gasteiger partial charge in [-0.1, -0.05) is 6.07 Å². The predicted molar refractivity (Wildman–Crippen MR) is 50.8 cm³/mol. The summed E-state index contributed by atoms with van der Waals surface area (Å²) in [7, 11) is 0. The van der Waals surface area contributed by atoms with Gasteiger partial charge >= 0.3 is 11.9 Å². The summed E-state index contributed by atoms with van der Waals surface area (Å²) < 4.78 is 0. The van der Waals surface area contributed by atoms with E-state index in [0.717, 1.165) is 0 Å². The zero-order valence-electron chi connectivity index (χ0n) is 7.95. The fourth-order valence-electron chi connectivity index (χ4n) is 0.931. The molecule has 1 rings (SSSR count). The number of aliphatic carboxylic acids is 2. The molecule has 0 saturated heterocycles. The van der Waals surface area contributed by atoms with Crippen LogP contribution in [0.3, 0.4) is 0 Å². The van der Waals surface area contributed by atoms with Gasteiger partial charge in [-0.25, -0.2) is 9.59 Å². The van der Waals surface area contributed by atoms with E-state index in [1.807, 2.05) is 5.32 Å². The predicted octanol–water partition coefficient (Wildman–Crippen LogP) is -0.651. The monoisotopic (exact) mass is 224 g/mol. The molecule has 3 N–H and O–H groups in total. The largest absolute Gasteiger partial charge is 0.479 e. The molecule has 0 bridgehead atoms. The van der Waals surface area contributed by atoms with Gasteiger partial charge in [0.15, 0.2) is 0 Å². The Balaban J connectivity index is 2.77. The van der Waals surface area contributed by atoms with Gasteiger partial charge in [-0.2, -0.15) is 0 Å². The second kappa shape index (κ2) is 4.87. The molecule has 0 saturated carbocycles. The van der Waals surface area contributed by atoms with E-state index in [1.54, 1.807) is 6.07 Å². The maximum atomic E-state index is 11.4. The quantitative estimate of drug-likeness (QED) is 0.585. The molecule has 0 fully saturated rings. The highest BCUT2D eigenvalue weighted by molar-refractivity contribution is 6.03. The molecule has 0 aromatic carbocycles. The van der Waals surface area contributed by atoms with Crippen LogP contribution in [0.1, 0.15) is 10.5 Å². The molecule has 7 nitrogen and oxygen atoms in total. The Morgan fingerprint density at radius 3 is 2.25 bits per heavy atom. The average molecular weight is 224 g/mol. The molecule has 0 unspecified atom stereocenters. The molecule has 7 heteroatoms. The lowest BCUT2D eigenvalue weighted by Crippen LogP contribution is -2.46. The number of amides is 1. The smallest absolute Gasteiger partial charge is 0.338 e. The van der Waals surface area contributed by atoms with E-state index in [4.69, 9.17) is 10.2 Å². The number of aromatic nitrogens is 1. The first-order valence-corrected chi connectivity index (χ1v) is 4.20. The average Bonchev–Trinajstić information content (AvgIpc) is 2.25. The Morgan fingerprint density at radius 1 is 1.19 bits per heavy atom. The summed E-state index contributed by atoms with van der Waals surface area (Å²) in [5, 5.41) is 18.9. The zero-order chi connectivity index (χ0) is 12.1. The van der Waals surface area contributed by atoms with Crippen molar-refractivity contribution in [2.24, 2.45) is 0 Å². The number of hydrogen-bond donors (Lipinski definition) is 3. The number of carboxylic acids is 2. The Bertz CT molecular complexity index is 403. The summed E-state index contributed by atoms with van der Waals surface area (Å²) in [6.45, 7) is 0. The van der Waals surface area contributed by atoms with Gasteiger partial charge in [0.25, 0.3) is 5.91 Å². The lowest BCUT2D eigenvalue weighted by molar-refractivity contribution is -0.150. The first-order chi connectivity index (χ1) is 7.52. The van der Waals surface area contributed by atoms with Gasteiger partial charge in [-0.15, -0.1) is 0 Å². The van der Waals surface area contributed by atoms with E-state index < -0.39 is 23.9 Å². The molecule has 0 aliphatic carbocycles. The fraction of sp³-hybridized carbons (Fsp3) is 0.111. The van der Waals surface area contributed by atoms with E-state index in [-0.39, 0.29) is 5.69 Å². The van der Waals surface area contributed by atoms with Crippen molar-refractivity contribution in [1.29, 1.82) is 0 Å². The number of rotatable bonds is 4. The summed E-state index contributed by atoms with van der Waals surface area (Å²) in [5.74, 6) is -4.14. The number of carbonyl (C=O) groups excluding carboxylic acids is 1. The summed E-state index contributed by atoms with van der Waals surface area (Å²) in [6, 6.07) is 2.46. The molecular weight excluding hydrogens is 216 g/mol. The van der Waals surface area contributed by atoms with Crippen LogP contribution in [-0.2, 0) is 9.59 Å². The molecule has 0 atom stereocenters. The van der Waals surface area contributed by atoms with Crippen molar-refractivity contribution in [2.75, 3.05) is 0 Å². The van der Waals surface area contributed by atoms with Crippen molar-refractivity contribution < 1.29 is 24.6 Å². The van der Waals surface area contributed by atoms with Crippen LogP contribution in [0.25, 0.3) is 0 Å². The SMILES string of the molecule is O=C(NC(C(=O)O)C(=O)O)c1ccccn1. The Morgan fingerprint density at radius 2 is 1.81 bits per heavy atom. The maximum absolute atomic E-state index is 11.4.